The van der Waals surface area contributed by atoms with Gasteiger partial charge in [-0.05, 0) is 42.8 Å². The Labute approximate surface area is 162 Å². The standard InChI is InChI=1S/C20H24F2N2O4/c1-26-13-14-27-12-4-11-23-19(25)17-5-2-3-6-18(17)24-15-7-9-16(10-8-15)28-20(21)22/h2-3,5-10,20,24H,4,11-14H2,1H3,(H,23,25). The maximum atomic E-state index is 12.5. The fourth-order valence-electron chi connectivity index (χ4n) is 2.38. The lowest BCUT2D eigenvalue weighted by Gasteiger charge is -2.13. The molecule has 0 aliphatic heterocycles. The van der Waals surface area contributed by atoms with E-state index in [4.69, 9.17) is 9.47 Å². The van der Waals surface area contributed by atoms with Crippen LogP contribution in [0.3, 0.4) is 0 Å². The summed E-state index contributed by atoms with van der Waals surface area (Å²) in [5.74, 6) is -0.142. The lowest BCUT2D eigenvalue weighted by atomic mass is 10.1. The molecule has 0 atom stereocenters. The van der Waals surface area contributed by atoms with Gasteiger partial charge in [0.15, 0.2) is 0 Å². The molecule has 0 radical (unpaired) electrons. The number of carbonyl (C=O) groups excluding carboxylic acids is 1. The van der Waals surface area contributed by atoms with Gasteiger partial charge in [-0.1, -0.05) is 12.1 Å². The summed E-state index contributed by atoms with van der Waals surface area (Å²) >= 11 is 0. The van der Waals surface area contributed by atoms with Crippen molar-refractivity contribution in [2.75, 3.05) is 38.8 Å². The number of hydrogen-bond acceptors (Lipinski definition) is 5. The molecule has 0 saturated carbocycles. The van der Waals surface area contributed by atoms with Gasteiger partial charge in [0, 0.05) is 25.9 Å². The summed E-state index contributed by atoms with van der Waals surface area (Å²) in [7, 11) is 1.61. The smallest absolute Gasteiger partial charge is 0.387 e. The first-order chi connectivity index (χ1) is 13.6. The predicted octanol–water partition coefficient (Wildman–Crippen LogP) is 3.81. The number of rotatable bonds is 12. The second kappa shape index (κ2) is 11.9. The number of para-hydroxylation sites is 1. The predicted molar refractivity (Wildman–Crippen MR) is 102 cm³/mol. The van der Waals surface area contributed by atoms with Crippen LogP contribution in [-0.2, 0) is 9.47 Å². The molecule has 0 unspecified atom stereocenters. The van der Waals surface area contributed by atoms with Gasteiger partial charge in [0.2, 0.25) is 0 Å². The molecule has 6 nitrogen and oxygen atoms in total. The highest BCUT2D eigenvalue weighted by atomic mass is 19.3. The van der Waals surface area contributed by atoms with E-state index < -0.39 is 6.61 Å². The van der Waals surface area contributed by atoms with Crippen molar-refractivity contribution in [2.45, 2.75) is 13.0 Å². The molecule has 2 aromatic carbocycles. The van der Waals surface area contributed by atoms with Crippen molar-refractivity contribution in [1.29, 1.82) is 0 Å². The van der Waals surface area contributed by atoms with E-state index in [1.165, 1.54) is 12.1 Å². The molecule has 0 fully saturated rings. The quantitative estimate of drug-likeness (QED) is 0.536. The molecule has 0 aromatic heterocycles. The van der Waals surface area contributed by atoms with Gasteiger partial charge in [0.25, 0.3) is 5.91 Å². The third-order valence-electron chi connectivity index (χ3n) is 3.71. The van der Waals surface area contributed by atoms with Crippen LogP contribution in [0.4, 0.5) is 20.2 Å². The van der Waals surface area contributed by atoms with Crippen LogP contribution in [0.25, 0.3) is 0 Å². The van der Waals surface area contributed by atoms with E-state index in [0.717, 1.165) is 0 Å². The summed E-state index contributed by atoms with van der Waals surface area (Å²) in [6.45, 7) is -0.774. The van der Waals surface area contributed by atoms with Gasteiger partial charge in [-0.15, -0.1) is 0 Å². The molecule has 0 spiro atoms. The van der Waals surface area contributed by atoms with Gasteiger partial charge in [-0.2, -0.15) is 8.78 Å². The van der Waals surface area contributed by atoms with E-state index in [0.29, 0.717) is 49.7 Å². The molecule has 0 heterocycles. The highest BCUT2D eigenvalue weighted by Crippen LogP contribution is 2.23. The van der Waals surface area contributed by atoms with Crippen molar-refractivity contribution in [2.24, 2.45) is 0 Å². The molecule has 152 valence electrons. The van der Waals surface area contributed by atoms with Crippen LogP contribution >= 0.6 is 0 Å². The van der Waals surface area contributed by atoms with Gasteiger partial charge < -0.3 is 24.8 Å². The molecule has 0 aliphatic rings. The van der Waals surface area contributed by atoms with Crippen LogP contribution in [0.2, 0.25) is 0 Å². The van der Waals surface area contributed by atoms with Crippen LogP contribution in [0.15, 0.2) is 48.5 Å². The van der Waals surface area contributed by atoms with Crippen molar-refractivity contribution >= 4 is 17.3 Å². The Morgan fingerprint density at radius 1 is 1.04 bits per heavy atom. The molecule has 0 bridgehead atoms. The zero-order valence-corrected chi connectivity index (χ0v) is 15.6. The van der Waals surface area contributed by atoms with Crippen molar-refractivity contribution < 1.29 is 27.8 Å². The van der Waals surface area contributed by atoms with E-state index in [1.54, 1.807) is 43.5 Å². The van der Waals surface area contributed by atoms with E-state index in [2.05, 4.69) is 15.4 Å². The van der Waals surface area contributed by atoms with Crippen molar-refractivity contribution in [3.63, 3.8) is 0 Å². The number of hydrogen-bond donors (Lipinski definition) is 2. The number of ether oxygens (including phenoxy) is 3. The molecule has 2 N–H and O–H groups in total. The molecule has 0 aliphatic carbocycles. The minimum Gasteiger partial charge on any atom is -0.435 e. The van der Waals surface area contributed by atoms with Gasteiger partial charge in [-0.3, -0.25) is 4.79 Å². The molecule has 28 heavy (non-hydrogen) atoms. The molecule has 0 saturated heterocycles. The molecule has 2 aromatic rings. The maximum absolute atomic E-state index is 12.5. The Morgan fingerprint density at radius 2 is 1.79 bits per heavy atom. The summed E-state index contributed by atoms with van der Waals surface area (Å²) in [6, 6.07) is 13.1. The summed E-state index contributed by atoms with van der Waals surface area (Å²) in [5.41, 5.74) is 1.74. The number of amides is 1. The van der Waals surface area contributed by atoms with E-state index in [9.17, 15) is 13.6 Å². The van der Waals surface area contributed by atoms with E-state index >= 15 is 0 Å². The topological polar surface area (TPSA) is 68.8 Å². The summed E-state index contributed by atoms with van der Waals surface area (Å²) in [5, 5.41) is 5.97. The van der Waals surface area contributed by atoms with Gasteiger partial charge in [-0.25, -0.2) is 0 Å². The Morgan fingerprint density at radius 3 is 2.50 bits per heavy atom. The van der Waals surface area contributed by atoms with E-state index in [1.807, 2.05) is 0 Å². The second-order valence-electron chi connectivity index (χ2n) is 5.79. The monoisotopic (exact) mass is 394 g/mol. The van der Waals surface area contributed by atoms with Crippen molar-refractivity contribution in [3.05, 3.63) is 54.1 Å². The van der Waals surface area contributed by atoms with Gasteiger partial charge >= 0.3 is 6.61 Å². The first-order valence-corrected chi connectivity index (χ1v) is 8.86. The Balaban J connectivity index is 1.88. The maximum Gasteiger partial charge on any atom is 0.387 e. The summed E-state index contributed by atoms with van der Waals surface area (Å²) in [4.78, 5) is 12.5. The zero-order valence-electron chi connectivity index (χ0n) is 15.6. The number of benzene rings is 2. The summed E-state index contributed by atoms with van der Waals surface area (Å²) in [6.07, 6.45) is 0.691. The van der Waals surface area contributed by atoms with Crippen LogP contribution in [0, 0.1) is 0 Å². The van der Waals surface area contributed by atoms with Crippen LogP contribution < -0.4 is 15.4 Å². The van der Waals surface area contributed by atoms with Crippen LogP contribution in [-0.4, -0.2) is 46.0 Å². The fourth-order valence-corrected chi connectivity index (χ4v) is 2.38. The number of carbonyl (C=O) groups is 1. The minimum absolute atomic E-state index is 0.0688. The third kappa shape index (κ3) is 7.50. The second-order valence-corrected chi connectivity index (χ2v) is 5.79. The molecule has 8 heteroatoms. The minimum atomic E-state index is -2.87. The number of nitrogens with one attached hydrogen (secondary N) is 2. The highest BCUT2D eigenvalue weighted by Gasteiger charge is 2.11. The first-order valence-electron chi connectivity index (χ1n) is 8.86. The molecule has 2 rings (SSSR count). The van der Waals surface area contributed by atoms with Gasteiger partial charge in [0.05, 0.1) is 24.5 Å². The fraction of sp³-hybridized carbons (Fsp3) is 0.350. The lowest BCUT2D eigenvalue weighted by molar-refractivity contribution is -0.0498. The molecular formula is C20H24F2N2O4. The number of halogens is 2. The third-order valence-corrected chi connectivity index (χ3v) is 3.71. The summed E-state index contributed by atoms with van der Waals surface area (Å²) < 4.78 is 39.0. The zero-order chi connectivity index (χ0) is 20.2. The largest absolute Gasteiger partial charge is 0.435 e. The average molecular weight is 394 g/mol. The Bertz CT molecular complexity index is 726. The number of alkyl halides is 2. The SMILES string of the molecule is COCCOCCCNC(=O)c1ccccc1Nc1ccc(OC(F)F)cc1. The Kier molecular flexibility index (Phi) is 9.17. The average Bonchev–Trinajstić information content (AvgIpc) is 2.68. The van der Waals surface area contributed by atoms with Crippen LogP contribution in [0.1, 0.15) is 16.8 Å². The lowest BCUT2D eigenvalue weighted by Crippen LogP contribution is -2.26. The molecule has 1 amide bonds. The van der Waals surface area contributed by atoms with Gasteiger partial charge in [0.1, 0.15) is 5.75 Å². The van der Waals surface area contributed by atoms with E-state index in [-0.39, 0.29) is 11.7 Å². The van der Waals surface area contributed by atoms with Crippen molar-refractivity contribution in [1.82, 2.24) is 5.32 Å². The normalized spacial score (nSPS) is 10.7. The number of methoxy groups -OCH3 is 1. The first kappa shape index (κ1) is 21.6. The number of anilines is 2. The van der Waals surface area contributed by atoms with Crippen molar-refractivity contribution in [3.8, 4) is 5.75 Å². The Hall–Kier alpha value is -2.71. The highest BCUT2D eigenvalue weighted by molar-refractivity contribution is 6.00. The van der Waals surface area contributed by atoms with Crippen LogP contribution in [0.5, 0.6) is 5.75 Å². The molecular weight excluding hydrogens is 370 g/mol.